The highest BCUT2D eigenvalue weighted by Crippen LogP contribution is 2.44. The number of ether oxygens (including phenoxy) is 1. The van der Waals surface area contributed by atoms with Gasteiger partial charge in [0.25, 0.3) is 0 Å². The molecule has 1 aliphatic rings. The number of carbonyl (C=O) groups is 2. The van der Waals surface area contributed by atoms with Crippen LogP contribution in [0.1, 0.15) is 45.5 Å². The van der Waals surface area contributed by atoms with E-state index in [1.807, 2.05) is 48.5 Å². The van der Waals surface area contributed by atoms with Crippen LogP contribution in [0, 0.1) is 5.82 Å². The molecule has 0 spiro atoms. The third-order valence-corrected chi connectivity index (χ3v) is 5.98. The molecule has 2 atom stereocenters. The zero-order chi connectivity index (χ0) is 24.2. The molecular weight excluding hydrogens is 441 g/mol. The fraction of sp³-hybridized carbons (Fsp3) is 0.231. The fourth-order valence-electron chi connectivity index (χ4n) is 4.24. The second-order valence-electron chi connectivity index (χ2n) is 8.09. The summed E-state index contributed by atoms with van der Waals surface area (Å²) in [6.07, 6.45) is -3.85. The van der Waals surface area contributed by atoms with Crippen molar-refractivity contribution in [3.05, 3.63) is 94.8 Å². The first-order valence-electron chi connectivity index (χ1n) is 10.8. The number of amides is 1. The van der Waals surface area contributed by atoms with Crippen LogP contribution in [0.3, 0.4) is 0 Å². The van der Waals surface area contributed by atoms with Crippen molar-refractivity contribution >= 4 is 12.1 Å². The van der Waals surface area contributed by atoms with E-state index in [4.69, 9.17) is 9.84 Å². The summed E-state index contributed by atoms with van der Waals surface area (Å²) >= 11 is 0. The van der Waals surface area contributed by atoms with Crippen LogP contribution in [-0.4, -0.2) is 46.6 Å². The van der Waals surface area contributed by atoms with E-state index in [1.54, 1.807) is 0 Å². The first-order valence-corrected chi connectivity index (χ1v) is 10.8. The molecule has 0 radical (unpaired) electrons. The number of halogens is 1. The van der Waals surface area contributed by atoms with Gasteiger partial charge in [-0.15, -0.1) is 0 Å². The van der Waals surface area contributed by atoms with Gasteiger partial charge in [0.05, 0.1) is 11.7 Å². The molecule has 2 unspecified atom stereocenters. The Morgan fingerprint density at radius 3 is 2.21 bits per heavy atom. The summed E-state index contributed by atoms with van der Waals surface area (Å²) in [7, 11) is 0. The van der Waals surface area contributed by atoms with Gasteiger partial charge < -0.3 is 25.4 Å². The third-order valence-electron chi connectivity index (χ3n) is 5.98. The van der Waals surface area contributed by atoms with Gasteiger partial charge in [-0.1, -0.05) is 48.5 Å². The second-order valence-corrected chi connectivity index (χ2v) is 8.09. The third kappa shape index (κ3) is 4.78. The maximum absolute atomic E-state index is 14.0. The maximum atomic E-state index is 14.0. The number of carbonyl (C=O) groups excluding carboxylic acids is 1. The molecule has 34 heavy (non-hydrogen) atoms. The van der Waals surface area contributed by atoms with Crippen LogP contribution >= 0.6 is 0 Å². The van der Waals surface area contributed by atoms with E-state index in [0.29, 0.717) is 0 Å². The molecule has 0 aromatic heterocycles. The van der Waals surface area contributed by atoms with Crippen LogP contribution < -0.4 is 5.32 Å². The van der Waals surface area contributed by atoms with Gasteiger partial charge in [0.1, 0.15) is 18.5 Å². The number of nitrogens with one attached hydrogen (secondary N) is 1. The van der Waals surface area contributed by atoms with Gasteiger partial charge in [-0.05, 0) is 46.9 Å². The SMILES string of the molecule is O=C(NCCC(O)C(O)c1cc(C(=O)O)ccc1F)OCC1c2ccccc2-c2ccccc21. The van der Waals surface area contributed by atoms with Crippen molar-refractivity contribution in [2.24, 2.45) is 0 Å². The highest BCUT2D eigenvalue weighted by Gasteiger charge is 2.29. The van der Waals surface area contributed by atoms with Crippen molar-refractivity contribution < 1.29 is 34.0 Å². The number of aromatic carboxylic acids is 1. The van der Waals surface area contributed by atoms with Crippen LogP contribution in [0.15, 0.2) is 66.7 Å². The summed E-state index contributed by atoms with van der Waals surface area (Å²) < 4.78 is 19.4. The number of hydrogen-bond donors (Lipinski definition) is 4. The number of fused-ring (bicyclic) bond motifs is 3. The van der Waals surface area contributed by atoms with Gasteiger partial charge in [0.15, 0.2) is 0 Å². The van der Waals surface area contributed by atoms with E-state index in [-0.39, 0.29) is 36.6 Å². The number of hydrogen-bond acceptors (Lipinski definition) is 5. The summed E-state index contributed by atoms with van der Waals surface area (Å²) in [6, 6.07) is 18.9. The molecule has 4 rings (SSSR count). The highest BCUT2D eigenvalue weighted by atomic mass is 19.1. The lowest BCUT2D eigenvalue weighted by atomic mass is 9.98. The number of benzene rings is 3. The number of aliphatic hydroxyl groups is 2. The average Bonchev–Trinajstić information content (AvgIpc) is 3.16. The van der Waals surface area contributed by atoms with Crippen molar-refractivity contribution in [3.63, 3.8) is 0 Å². The molecule has 3 aromatic rings. The number of aliphatic hydroxyl groups excluding tert-OH is 2. The minimum Gasteiger partial charge on any atom is -0.478 e. The minimum atomic E-state index is -1.65. The molecule has 1 aliphatic carbocycles. The Balaban J connectivity index is 1.30. The van der Waals surface area contributed by atoms with Gasteiger partial charge >= 0.3 is 12.1 Å². The first-order chi connectivity index (χ1) is 16.4. The summed E-state index contributed by atoms with van der Waals surface area (Å²) in [5.74, 6) is -2.20. The monoisotopic (exact) mass is 465 g/mol. The quantitative estimate of drug-likeness (QED) is 0.402. The lowest BCUT2D eigenvalue weighted by molar-refractivity contribution is 0.0115. The molecule has 8 heteroatoms. The van der Waals surface area contributed by atoms with Crippen LogP contribution in [0.4, 0.5) is 9.18 Å². The summed E-state index contributed by atoms with van der Waals surface area (Å²) in [6.45, 7) is 0.105. The lowest BCUT2D eigenvalue weighted by Crippen LogP contribution is -2.31. The van der Waals surface area contributed by atoms with Crippen LogP contribution in [-0.2, 0) is 4.74 Å². The molecule has 0 heterocycles. The number of carboxylic acid groups (broad SMARTS) is 1. The molecule has 0 fully saturated rings. The fourth-order valence-corrected chi connectivity index (χ4v) is 4.24. The standard InChI is InChI=1S/C26H24FNO6/c27-22-10-9-15(25(31)32)13-20(22)24(30)23(29)11-12-28-26(33)34-14-21-18-7-3-1-5-16(18)17-6-2-4-8-19(17)21/h1-10,13,21,23-24,29-30H,11-12,14H2,(H,28,33)(H,31,32). The van der Waals surface area contributed by atoms with Crippen molar-refractivity contribution in [1.29, 1.82) is 0 Å². The molecule has 0 aliphatic heterocycles. The van der Waals surface area contributed by atoms with E-state index in [1.165, 1.54) is 0 Å². The Morgan fingerprint density at radius 1 is 0.971 bits per heavy atom. The largest absolute Gasteiger partial charge is 0.478 e. The Morgan fingerprint density at radius 2 is 1.59 bits per heavy atom. The van der Waals surface area contributed by atoms with Crippen molar-refractivity contribution in [3.8, 4) is 11.1 Å². The van der Waals surface area contributed by atoms with Gasteiger partial charge in [0, 0.05) is 18.0 Å². The normalized spacial score (nSPS) is 14.1. The minimum absolute atomic E-state index is 0.0326. The number of rotatable bonds is 8. The molecule has 0 saturated heterocycles. The Bertz CT molecular complexity index is 1170. The van der Waals surface area contributed by atoms with Gasteiger partial charge in [0.2, 0.25) is 0 Å². The Kier molecular flexibility index (Phi) is 6.90. The van der Waals surface area contributed by atoms with E-state index in [2.05, 4.69) is 5.32 Å². The molecule has 7 nitrogen and oxygen atoms in total. The highest BCUT2D eigenvalue weighted by molar-refractivity contribution is 5.87. The summed E-state index contributed by atoms with van der Waals surface area (Å²) in [4.78, 5) is 23.3. The number of alkyl carbamates (subject to hydrolysis) is 1. The summed E-state index contributed by atoms with van der Waals surface area (Å²) in [5, 5.41) is 32.0. The molecule has 3 aromatic carbocycles. The molecule has 0 saturated carbocycles. The van der Waals surface area contributed by atoms with Gasteiger partial charge in [-0.3, -0.25) is 0 Å². The second kappa shape index (κ2) is 10.0. The topological polar surface area (TPSA) is 116 Å². The van der Waals surface area contributed by atoms with Crippen LogP contribution in [0.25, 0.3) is 11.1 Å². The average molecular weight is 465 g/mol. The van der Waals surface area contributed by atoms with Crippen molar-refractivity contribution in [2.45, 2.75) is 24.5 Å². The summed E-state index contributed by atoms with van der Waals surface area (Å²) in [5.41, 5.74) is 3.86. The van der Waals surface area contributed by atoms with E-state index < -0.39 is 30.1 Å². The van der Waals surface area contributed by atoms with Crippen molar-refractivity contribution in [2.75, 3.05) is 13.2 Å². The zero-order valence-electron chi connectivity index (χ0n) is 18.1. The Hall–Kier alpha value is -3.75. The van der Waals surface area contributed by atoms with E-state index in [9.17, 15) is 24.2 Å². The van der Waals surface area contributed by atoms with E-state index in [0.717, 1.165) is 40.5 Å². The molecule has 176 valence electrons. The molecule has 4 N–H and O–H groups in total. The predicted molar refractivity (Wildman–Crippen MR) is 122 cm³/mol. The molecular formula is C26H24FNO6. The Labute approximate surface area is 195 Å². The zero-order valence-corrected chi connectivity index (χ0v) is 18.1. The van der Waals surface area contributed by atoms with Crippen molar-refractivity contribution in [1.82, 2.24) is 5.32 Å². The molecule has 1 amide bonds. The first kappa shape index (κ1) is 23.4. The maximum Gasteiger partial charge on any atom is 0.407 e. The smallest absolute Gasteiger partial charge is 0.407 e. The van der Waals surface area contributed by atoms with Crippen LogP contribution in [0.2, 0.25) is 0 Å². The molecule has 0 bridgehead atoms. The number of carboxylic acids is 1. The van der Waals surface area contributed by atoms with E-state index >= 15 is 0 Å². The van der Waals surface area contributed by atoms with Gasteiger partial charge in [-0.2, -0.15) is 0 Å². The lowest BCUT2D eigenvalue weighted by Gasteiger charge is -2.19. The van der Waals surface area contributed by atoms with Gasteiger partial charge in [-0.25, -0.2) is 14.0 Å². The predicted octanol–water partition coefficient (Wildman–Crippen LogP) is 3.85. The van der Waals surface area contributed by atoms with Crippen LogP contribution in [0.5, 0.6) is 0 Å².